The molecule has 1 aromatic carbocycles. The molecule has 3 nitrogen and oxygen atoms in total. The van der Waals surface area contributed by atoms with Gasteiger partial charge < -0.3 is 10.1 Å². The molecule has 2 aromatic rings. The van der Waals surface area contributed by atoms with Crippen molar-refractivity contribution in [2.24, 2.45) is 0 Å². The van der Waals surface area contributed by atoms with Crippen LogP contribution in [0.15, 0.2) is 33.4 Å². The van der Waals surface area contributed by atoms with Gasteiger partial charge in [-0.3, -0.25) is 4.79 Å². The first kappa shape index (κ1) is 13.1. The highest BCUT2D eigenvalue weighted by molar-refractivity contribution is 9.11. The van der Waals surface area contributed by atoms with Crippen molar-refractivity contribution in [3.8, 4) is 5.75 Å². The maximum atomic E-state index is 11.3. The third kappa shape index (κ3) is 2.70. The van der Waals surface area contributed by atoms with E-state index in [1.165, 1.54) is 5.56 Å². The molecule has 1 unspecified atom stereocenters. The fraction of sp³-hybridized carbons (Fsp3) is 0.154. The standard InChI is InChI=1S/C13H9Br2NO2S/c14-11-4-8(6-19-11)13(15)7-1-2-10-9(3-7)16-12(17)5-18-10/h1-4,6,13H,5H2,(H,16,17). The van der Waals surface area contributed by atoms with Crippen LogP contribution < -0.4 is 10.1 Å². The Morgan fingerprint density at radius 1 is 1.32 bits per heavy atom. The smallest absolute Gasteiger partial charge is 0.262 e. The average molecular weight is 403 g/mol. The van der Waals surface area contributed by atoms with Crippen molar-refractivity contribution >= 4 is 54.8 Å². The van der Waals surface area contributed by atoms with Crippen LogP contribution in [0.4, 0.5) is 5.69 Å². The van der Waals surface area contributed by atoms with Gasteiger partial charge in [0.2, 0.25) is 0 Å². The molecule has 1 aliphatic heterocycles. The molecule has 1 aliphatic rings. The molecule has 0 bridgehead atoms. The van der Waals surface area contributed by atoms with Gasteiger partial charge in [0, 0.05) is 0 Å². The van der Waals surface area contributed by atoms with E-state index in [4.69, 9.17) is 4.74 Å². The Kier molecular flexibility index (Phi) is 3.64. The quantitative estimate of drug-likeness (QED) is 0.759. The molecule has 98 valence electrons. The molecule has 0 fully saturated rings. The molecule has 2 heterocycles. The van der Waals surface area contributed by atoms with Crippen molar-refractivity contribution in [1.82, 2.24) is 0 Å². The molecule has 1 atom stereocenters. The number of nitrogens with one attached hydrogen (secondary N) is 1. The number of fused-ring (bicyclic) bond motifs is 1. The number of anilines is 1. The number of hydrogen-bond donors (Lipinski definition) is 1. The van der Waals surface area contributed by atoms with Gasteiger partial charge in [0.05, 0.1) is 14.3 Å². The fourth-order valence-corrected chi connectivity index (χ4v) is 3.83. The number of carbonyl (C=O) groups excluding carboxylic acids is 1. The normalized spacial score (nSPS) is 15.4. The number of amides is 1. The first-order chi connectivity index (χ1) is 9.13. The van der Waals surface area contributed by atoms with Crippen molar-refractivity contribution in [1.29, 1.82) is 0 Å². The summed E-state index contributed by atoms with van der Waals surface area (Å²) in [5, 5.41) is 4.92. The van der Waals surface area contributed by atoms with Gasteiger partial charge in [-0.25, -0.2) is 0 Å². The Bertz CT molecular complexity index is 641. The second-order valence-electron chi connectivity index (χ2n) is 4.14. The molecule has 1 amide bonds. The topological polar surface area (TPSA) is 38.3 Å². The highest BCUT2D eigenvalue weighted by atomic mass is 79.9. The lowest BCUT2D eigenvalue weighted by atomic mass is 10.1. The number of rotatable bonds is 2. The molecule has 1 aromatic heterocycles. The summed E-state index contributed by atoms with van der Waals surface area (Å²) >= 11 is 8.79. The van der Waals surface area contributed by atoms with Crippen LogP contribution in [0.25, 0.3) is 0 Å². The third-order valence-electron chi connectivity index (χ3n) is 2.81. The minimum atomic E-state index is -0.117. The summed E-state index contributed by atoms with van der Waals surface area (Å²) in [4.78, 5) is 11.4. The van der Waals surface area contributed by atoms with Crippen molar-refractivity contribution < 1.29 is 9.53 Å². The molecule has 0 spiro atoms. The zero-order chi connectivity index (χ0) is 13.4. The average Bonchev–Trinajstić information content (AvgIpc) is 2.83. The predicted octanol–water partition coefficient (Wildman–Crippen LogP) is 4.33. The minimum absolute atomic E-state index is 0.0849. The van der Waals surface area contributed by atoms with Crippen LogP contribution in [0.5, 0.6) is 5.75 Å². The maximum absolute atomic E-state index is 11.3. The molecule has 0 aliphatic carbocycles. The Labute approximate surface area is 131 Å². The molecule has 0 saturated heterocycles. The first-order valence-electron chi connectivity index (χ1n) is 5.58. The summed E-state index contributed by atoms with van der Waals surface area (Å²) in [6.45, 7) is 0.0849. The number of alkyl halides is 1. The van der Waals surface area contributed by atoms with E-state index >= 15 is 0 Å². The van der Waals surface area contributed by atoms with Gasteiger partial charge in [-0.05, 0) is 50.6 Å². The highest BCUT2D eigenvalue weighted by Gasteiger charge is 2.19. The molecule has 0 radical (unpaired) electrons. The number of hydrogen-bond acceptors (Lipinski definition) is 3. The van der Waals surface area contributed by atoms with Gasteiger partial charge in [0.1, 0.15) is 5.75 Å². The number of thiophene rings is 1. The van der Waals surface area contributed by atoms with E-state index in [1.807, 2.05) is 18.2 Å². The van der Waals surface area contributed by atoms with Crippen LogP contribution >= 0.6 is 43.2 Å². The SMILES string of the molecule is O=C1COc2ccc(C(Br)c3csc(Br)c3)cc2N1. The molecule has 6 heteroatoms. The van der Waals surface area contributed by atoms with Gasteiger partial charge in [-0.2, -0.15) is 0 Å². The van der Waals surface area contributed by atoms with Crippen LogP contribution in [0, 0.1) is 0 Å². The number of ether oxygens (including phenoxy) is 1. The molecule has 19 heavy (non-hydrogen) atoms. The van der Waals surface area contributed by atoms with Crippen LogP contribution in [0.1, 0.15) is 16.0 Å². The van der Waals surface area contributed by atoms with E-state index < -0.39 is 0 Å². The lowest BCUT2D eigenvalue weighted by Gasteiger charge is -2.19. The second kappa shape index (κ2) is 5.26. The van der Waals surface area contributed by atoms with Gasteiger partial charge in [-0.15, -0.1) is 11.3 Å². The van der Waals surface area contributed by atoms with Gasteiger partial charge in [0.25, 0.3) is 5.91 Å². The van der Waals surface area contributed by atoms with E-state index in [0.717, 1.165) is 20.8 Å². The van der Waals surface area contributed by atoms with Crippen LogP contribution in [-0.2, 0) is 4.79 Å². The summed E-state index contributed by atoms with van der Waals surface area (Å²) in [5.41, 5.74) is 2.99. The fourth-order valence-electron chi connectivity index (χ4n) is 1.91. The zero-order valence-electron chi connectivity index (χ0n) is 9.65. The van der Waals surface area contributed by atoms with E-state index in [0.29, 0.717) is 0 Å². The Morgan fingerprint density at radius 2 is 2.16 bits per heavy atom. The Hall–Kier alpha value is -0.850. The van der Waals surface area contributed by atoms with E-state index in [2.05, 4.69) is 48.6 Å². The van der Waals surface area contributed by atoms with Gasteiger partial charge in [0.15, 0.2) is 6.61 Å². The predicted molar refractivity (Wildman–Crippen MR) is 83.4 cm³/mol. The minimum Gasteiger partial charge on any atom is -0.482 e. The first-order valence-corrected chi connectivity index (χ1v) is 8.17. The zero-order valence-corrected chi connectivity index (χ0v) is 13.6. The second-order valence-corrected chi connectivity index (χ2v) is 7.35. The Balaban J connectivity index is 1.93. The molecule has 1 N–H and O–H groups in total. The number of benzene rings is 1. The lowest BCUT2D eigenvalue weighted by Crippen LogP contribution is -2.25. The number of carbonyl (C=O) groups is 1. The van der Waals surface area contributed by atoms with Crippen molar-refractivity contribution in [3.63, 3.8) is 0 Å². The monoisotopic (exact) mass is 401 g/mol. The van der Waals surface area contributed by atoms with Crippen LogP contribution in [-0.4, -0.2) is 12.5 Å². The largest absolute Gasteiger partial charge is 0.482 e. The van der Waals surface area contributed by atoms with E-state index in [-0.39, 0.29) is 17.3 Å². The maximum Gasteiger partial charge on any atom is 0.262 e. The summed E-state index contributed by atoms with van der Waals surface area (Å²) in [6, 6.07) is 7.91. The summed E-state index contributed by atoms with van der Waals surface area (Å²) < 4.78 is 6.45. The van der Waals surface area contributed by atoms with Gasteiger partial charge >= 0.3 is 0 Å². The summed E-state index contributed by atoms with van der Waals surface area (Å²) in [7, 11) is 0. The third-order valence-corrected chi connectivity index (χ3v) is 5.39. The molecule has 0 saturated carbocycles. The van der Waals surface area contributed by atoms with E-state index in [9.17, 15) is 4.79 Å². The number of halogens is 2. The van der Waals surface area contributed by atoms with E-state index in [1.54, 1.807) is 11.3 Å². The van der Waals surface area contributed by atoms with Crippen molar-refractivity contribution in [2.45, 2.75) is 4.83 Å². The molecule has 3 rings (SSSR count). The summed E-state index contributed by atoms with van der Waals surface area (Å²) in [5.74, 6) is 0.601. The van der Waals surface area contributed by atoms with Crippen LogP contribution in [0.2, 0.25) is 0 Å². The van der Waals surface area contributed by atoms with Gasteiger partial charge in [-0.1, -0.05) is 22.0 Å². The summed E-state index contributed by atoms with van der Waals surface area (Å²) in [6.07, 6.45) is 0. The highest BCUT2D eigenvalue weighted by Crippen LogP contribution is 2.38. The van der Waals surface area contributed by atoms with Crippen LogP contribution in [0.3, 0.4) is 0 Å². The Morgan fingerprint density at radius 3 is 2.89 bits per heavy atom. The lowest BCUT2D eigenvalue weighted by molar-refractivity contribution is -0.118. The molecular formula is C13H9Br2NO2S. The van der Waals surface area contributed by atoms with Crippen molar-refractivity contribution in [2.75, 3.05) is 11.9 Å². The molecular weight excluding hydrogens is 394 g/mol. The van der Waals surface area contributed by atoms with Crippen molar-refractivity contribution in [3.05, 3.63) is 44.6 Å².